The molecule has 14 nitrogen and oxygen atoms in total. The van der Waals surface area contributed by atoms with Crippen molar-refractivity contribution < 1.29 is 40.3 Å². The molecule has 6 aromatic rings. The molecular formula is C48H47F3N6O8. The molecule has 0 N–H and O–H groups in total. The van der Waals surface area contributed by atoms with Crippen molar-refractivity contribution in [2.75, 3.05) is 31.1 Å². The smallest absolute Gasteiger partial charge is 0.485 e. The summed E-state index contributed by atoms with van der Waals surface area (Å²) >= 11 is 0. The molecule has 17 heteroatoms. The van der Waals surface area contributed by atoms with Crippen LogP contribution in [0.4, 0.5) is 19.0 Å². The average Bonchev–Trinajstić information content (AvgIpc) is 4.05. The lowest BCUT2D eigenvalue weighted by Crippen LogP contribution is -2.61. The first-order chi connectivity index (χ1) is 31.3. The quantitative estimate of drug-likeness (QED) is 0.124. The Balaban J connectivity index is 1.07. The van der Waals surface area contributed by atoms with Crippen LogP contribution in [0.5, 0.6) is 11.8 Å². The van der Waals surface area contributed by atoms with Crippen molar-refractivity contribution in [3.05, 3.63) is 91.4 Å². The van der Waals surface area contributed by atoms with Crippen molar-refractivity contribution in [2.24, 2.45) is 5.92 Å². The minimum atomic E-state index is -0.981. The molecule has 9 heterocycles. The van der Waals surface area contributed by atoms with E-state index in [0.717, 1.165) is 32.2 Å². The average molecular weight is 893 g/mol. The second-order valence-corrected chi connectivity index (χ2v) is 18.7. The summed E-state index contributed by atoms with van der Waals surface area (Å²) in [5.41, 5.74) is -0.0653. The summed E-state index contributed by atoms with van der Waals surface area (Å²) in [4.78, 5) is 46.0. The molecule has 4 fully saturated rings. The Morgan fingerprint density at radius 3 is 2.60 bits per heavy atom. The van der Waals surface area contributed by atoms with Gasteiger partial charge in [0.1, 0.15) is 48.0 Å². The van der Waals surface area contributed by atoms with Crippen molar-refractivity contribution in [3.8, 4) is 35.4 Å². The highest BCUT2D eigenvalue weighted by atomic mass is 19.1. The van der Waals surface area contributed by atoms with Gasteiger partial charge in [0.15, 0.2) is 28.9 Å². The van der Waals surface area contributed by atoms with Crippen LogP contribution in [0, 0.1) is 36.8 Å². The first-order valence-corrected chi connectivity index (χ1v) is 22.3. The Kier molecular flexibility index (Phi) is 9.92. The van der Waals surface area contributed by atoms with Gasteiger partial charge in [0, 0.05) is 54.5 Å². The molecule has 338 valence electrons. The van der Waals surface area contributed by atoms with E-state index in [2.05, 4.69) is 27.5 Å². The zero-order chi connectivity index (χ0) is 45.1. The maximum atomic E-state index is 18.0. The molecule has 0 spiro atoms. The van der Waals surface area contributed by atoms with Crippen LogP contribution in [-0.4, -0.2) is 80.8 Å². The maximum absolute atomic E-state index is 18.0. The van der Waals surface area contributed by atoms with E-state index in [1.165, 1.54) is 12.1 Å². The van der Waals surface area contributed by atoms with Crippen LogP contribution in [0.3, 0.4) is 0 Å². The van der Waals surface area contributed by atoms with Gasteiger partial charge in [0.2, 0.25) is 0 Å². The Morgan fingerprint density at radius 2 is 1.82 bits per heavy atom. The number of alkyl halides is 1. The number of aromatic nitrogens is 3. The minimum absolute atomic E-state index is 0.00915. The molecule has 6 atom stereocenters. The van der Waals surface area contributed by atoms with Gasteiger partial charge in [-0.3, -0.25) is 9.80 Å². The summed E-state index contributed by atoms with van der Waals surface area (Å²) in [5.74, 6) is 1.46. The highest BCUT2D eigenvalue weighted by Crippen LogP contribution is 2.48. The van der Waals surface area contributed by atoms with E-state index < -0.39 is 35.0 Å². The Morgan fingerprint density at radius 1 is 1.00 bits per heavy atom. The van der Waals surface area contributed by atoms with Crippen molar-refractivity contribution in [3.63, 3.8) is 0 Å². The van der Waals surface area contributed by atoms with Crippen LogP contribution < -0.4 is 26.0 Å². The van der Waals surface area contributed by atoms with Gasteiger partial charge in [-0.25, -0.2) is 27.7 Å². The largest absolute Gasteiger partial charge is 0.519 e. The molecule has 0 radical (unpaired) electrons. The molecule has 4 aromatic heterocycles. The van der Waals surface area contributed by atoms with Gasteiger partial charge in [-0.1, -0.05) is 32.8 Å². The number of aryl methyl sites for hydroxylation is 1. The zero-order valence-electron chi connectivity index (χ0n) is 36.4. The summed E-state index contributed by atoms with van der Waals surface area (Å²) in [6.07, 6.45) is 9.10. The van der Waals surface area contributed by atoms with Gasteiger partial charge < -0.3 is 32.0 Å². The molecule has 0 amide bonds. The highest BCUT2D eigenvalue weighted by molar-refractivity contribution is 6.03. The van der Waals surface area contributed by atoms with Crippen molar-refractivity contribution >= 4 is 27.5 Å². The monoisotopic (exact) mass is 892 g/mol. The van der Waals surface area contributed by atoms with E-state index in [9.17, 15) is 14.0 Å². The van der Waals surface area contributed by atoms with Crippen LogP contribution >= 0.6 is 0 Å². The van der Waals surface area contributed by atoms with E-state index in [1.807, 2.05) is 13.8 Å². The van der Waals surface area contributed by atoms with Gasteiger partial charge in [-0.2, -0.15) is 9.97 Å². The van der Waals surface area contributed by atoms with Crippen LogP contribution in [0.25, 0.3) is 32.9 Å². The molecule has 65 heavy (non-hydrogen) atoms. The molecule has 0 aliphatic carbocycles. The molecule has 2 aromatic carbocycles. The first kappa shape index (κ1) is 41.6. The maximum Gasteiger partial charge on any atom is 0.519 e. The van der Waals surface area contributed by atoms with Gasteiger partial charge in [-0.15, -0.1) is 6.42 Å². The lowest BCUT2D eigenvalue weighted by Gasteiger charge is -2.49. The third-order valence-electron chi connectivity index (χ3n) is 14.4. The summed E-state index contributed by atoms with van der Waals surface area (Å²) in [7, 11) is 0. The molecular weight excluding hydrogens is 846 g/mol. The molecule has 4 saturated heterocycles. The van der Waals surface area contributed by atoms with Gasteiger partial charge in [0.25, 0.3) is 0 Å². The number of halogens is 3. The molecule has 5 aliphatic rings. The van der Waals surface area contributed by atoms with E-state index >= 15 is 8.78 Å². The SMILES string of the molecule is C#Cc1c(F)ccc2cc(OCc3oc(=O)oc3C)cc(-c3nc4c5c(nc(OC[C@@]67CCCN6C[C@H](F)C7)nc5c3F)N3C[C@H]5CC[C@@H]([C@@H]3[C@@H](C)C4)N5Cc3oc(=O)oc3C(C)C)c12. The van der Waals surface area contributed by atoms with E-state index in [1.54, 1.807) is 19.1 Å². The van der Waals surface area contributed by atoms with E-state index in [-0.39, 0.29) is 94.2 Å². The second kappa shape index (κ2) is 15.5. The van der Waals surface area contributed by atoms with Crippen LogP contribution in [0.15, 0.2) is 51.5 Å². The Hall–Kier alpha value is -6.12. The molecule has 0 saturated carbocycles. The number of ether oxygens (including phenoxy) is 2. The Bertz CT molecular complexity index is 3060. The lowest BCUT2D eigenvalue weighted by atomic mass is 9.88. The van der Waals surface area contributed by atoms with Crippen molar-refractivity contribution in [1.82, 2.24) is 24.8 Å². The fourth-order valence-corrected chi connectivity index (χ4v) is 11.6. The van der Waals surface area contributed by atoms with Crippen molar-refractivity contribution in [1.29, 1.82) is 0 Å². The Labute approximate surface area is 370 Å². The van der Waals surface area contributed by atoms with E-state index in [4.69, 9.17) is 48.5 Å². The second-order valence-electron chi connectivity index (χ2n) is 18.7. The number of hydrogen-bond acceptors (Lipinski definition) is 14. The summed E-state index contributed by atoms with van der Waals surface area (Å²) in [6, 6.07) is 5.80. The number of rotatable bonds is 10. The molecule has 5 aliphatic heterocycles. The van der Waals surface area contributed by atoms with E-state index in [0.29, 0.717) is 66.3 Å². The summed E-state index contributed by atoms with van der Waals surface area (Å²) in [6.45, 7) is 9.59. The van der Waals surface area contributed by atoms with Crippen LogP contribution in [0.2, 0.25) is 0 Å². The minimum Gasteiger partial charge on any atom is -0.485 e. The van der Waals surface area contributed by atoms with Crippen LogP contribution in [0.1, 0.15) is 93.1 Å². The number of piperazine rings is 1. The number of nitrogens with zero attached hydrogens (tertiary/aromatic N) is 6. The number of pyridine rings is 1. The summed E-state index contributed by atoms with van der Waals surface area (Å²) < 4.78 is 82.4. The normalized spacial score (nSPS) is 25.1. The van der Waals surface area contributed by atoms with Gasteiger partial charge >= 0.3 is 17.7 Å². The highest BCUT2D eigenvalue weighted by Gasteiger charge is 2.52. The standard InChI is InChI=1S/C48H47F3N6O8/c1-6-30-32(50)10-8-26-15-29(60-21-36-25(5)62-46(58)64-36)16-31(37(26)30)40-39(51)41-38-33(52-40)14-24(4)42-34-11-9-28(56(34)20-35-43(23(2)3)65-47(59)63-35)19-57(42)44(38)54-45(53-41)61-22-48-12-7-13-55(48)18-27(49)17-48/h1,8,10,15-16,23-24,27-28,34,42H,7,9,11-14,17-22H2,2-5H3/t24-,27+,28+,34-,42-,48-/m0/s1. The molecule has 2 bridgehead atoms. The first-order valence-electron chi connectivity index (χ1n) is 22.3. The van der Waals surface area contributed by atoms with Gasteiger partial charge in [0.05, 0.1) is 28.7 Å². The lowest BCUT2D eigenvalue weighted by molar-refractivity contribution is 0.0981. The fourth-order valence-electron chi connectivity index (χ4n) is 11.6. The fraction of sp³-hybridized carbons (Fsp3) is 0.479. The molecule has 11 rings (SSSR count). The molecule has 0 unspecified atom stereocenters. The number of fused-ring (bicyclic) bond motifs is 7. The predicted octanol–water partition coefficient (Wildman–Crippen LogP) is 7.58. The van der Waals surface area contributed by atoms with Crippen LogP contribution in [-0.2, 0) is 19.6 Å². The number of hydrogen-bond donors (Lipinski definition) is 0. The zero-order valence-corrected chi connectivity index (χ0v) is 36.4. The third-order valence-corrected chi connectivity index (χ3v) is 14.4. The van der Waals surface area contributed by atoms with Crippen molar-refractivity contribution in [2.45, 2.75) is 115 Å². The number of terminal acetylenes is 1. The third kappa shape index (κ3) is 6.81. The predicted molar refractivity (Wildman–Crippen MR) is 231 cm³/mol. The number of anilines is 1. The topological polar surface area (TPSA) is 154 Å². The summed E-state index contributed by atoms with van der Waals surface area (Å²) in [5, 5.41) is 1.14. The van der Waals surface area contributed by atoms with Gasteiger partial charge in [-0.05, 0) is 75.1 Å². The number of benzene rings is 2.